The second-order valence-corrected chi connectivity index (χ2v) is 4.71. The Kier molecular flexibility index (Phi) is 4.33. The average Bonchev–Trinajstić information content (AvgIpc) is 2.93. The number of alkyl halides is 3. The van der Waals surface area contributed by atoms with Crippen LogP contribution in [0.25, 0.3) is 11.3 Å². The number of rotatable bonds is 3. The number of carbonyl (C=O) groups is 1. The van der Waals surface area contributed by atoms with Gasteiger partial charge in [-0.1, -0.05) is 11.7 Å². The fraction of sp³-hybridized carbons (Fsp3) is 0.133. The predicted molar refractivity (Wildman–Crippen MR) is 76.9 cm³/mol. The Hall–Kier alpha value is -3.28. The second kappa shape index (κ2) is 6.08. The Morgan fingerprint density at radius 3 is 2.67 bits per heavy atom. The molecule has 0 unspecified atom stereocenters. The smallest absolute Gasteiger partial charge is 0.418 e. The zero-order valence-corrected chi connectivity index (χ0v) is 12.2. The molecule has 0 fully saturated rings. The molecule has 0 aliphatic rings. The molecule has 0 spiro atoms. The van der Waals surface area contributed by atoms with Gasteiger partial charge in [-0.3, -0.25) is 4.79 Å². The Morgan fingerprint density at radius 2 is 2.21 bits per heavy atom. The van der Waals surface area contributed by atoms with Gasteiger partial charge < -0.3 is 14.9 Å². The van der Waals surface area contributed by atoms with E-state index in [0.29, 0.717) is 0 Å². The van der Waals surface area contributed by atoms with Crippen LogP contribution < -0.4 is 5.32 Å². The normalized spacial score (nSPS) is 11.0. The summed E-state index contributed by atoms with van der Waals surface area (Å²) < 4.78 is 45.1. The van der Waals surface area contributed by atoms with E-state index in [-0.39, 0.29) is 17.0 Å². The number of nitrogens with one attached hydrogen (secondary N) is 1. The van der Waals surface area contributed by atoms with Crippen molar-refractivity contribution in [2.24, 2.45) is 0 Å². The zero-order valence-electron chi connectivity index (χ0n) is 12.2. The first-order valence-electron chi connectivity index (χ1n) is 6.43. The van der Waals surface area contributed by atoms with E-state index in [0.717, 1.165) is 18.3 Å². The monoisotopic (exact) mass is 337 g/mol. The van der Waals surface area contributed by atoms with Crippen LogP contribution in [0.5, 0.6) is 5.75 Å². The fourth-order valence-corrected chi connectivity index (χ4v) is 2.09. The molecule has 2 N–H and O–H groups in total. The van der Waals surface area contributed by atoms with Gasteiger partial charge in [0.05, 0.1) is 34.6 Å². The van der Waals surface area contributed by atoms with Crippen LogP contribution in [0.15, 0.2) is 29.4 Å². The van der Waals surface area contributed by atoms with E-state index in [1.165, 1.54) is 13.0 Å². The van der Waals surface area contributed by atoms with Gasteiger partial charge >= 0.3 is 6.18 Å². The molecule has 2 rings (SSSR count). The van der Waals surface area contributed by atoms with Crippen molar-refractivity contribution in [3.8, 4) is 23.1 Å². The third-order valence-corrected chi connectivity index (χ3v) is 3.12. The molecule has 9 heteroatoms. The molecule has 0 saturated heterocycles. The van der Waals surface area contributed by atoms with Crippen molar-refractivity contribution in [2.75, 3.05) is 5.32 Å². The standard InChI is InChI=1S/C15H10F3N3O3/c1-3-10(22)21-9-4-8(5-19)12(15(16,17)18)11(13(9)23)14-7(2)6-20-24-14/h3-4,6,23H,1H2,2H3,(H,21,22). The summed E-state index contributed by atoms with van der Waals surface area (Å²) in [5, 5.41) is 24.8. The largest absolute Gasteiger partial charge is 0.505 e. The molecule has 24 heavy (non-hydrogen) atoms. The van der Waals surface area contributed by atoms with E-state index in [9.17, 15) is 23.1 Å². The van der Waals surface area contributed by atoms with Crippen LogP contribution in [-0.4, -0.2) is 16.2 Å². The van der Waals surface area contributed by atoms with Crippen LogP contribution >= 0.6 is 0 Å². The van der Waals surface area contributed by atoms with Crippen LogP contribution in [0.3, 0.4) is 0 Å². The predicted octanol–water partition coefficient (Wildman–Crippen LogP) is 3.37. The van der Waals surface area contributed by atoms with Gasteiger partial charge in [-0.2, -0.15) is 18.4 Å². The number of nitrogens with zero attached hydrogens (tertiary/aromatic N) is 2. The molecular formula is C15H10F3N3O3. The Morgan fingerprint density at radius 1 is 1.54 bits per heavy atom. The molecule has 0 aliphatic heterocycles. The lowest BCUT2D eigenvalue weighted by molar-refractivity contribution is -0.137. The van der Waals surface area contributed by atoms with Crippen molar-refractivity contribution in [1.82, 2.24) is 5.16 Å². The lowest BCUT2D eigenvalue weighted by Gasteiger charge is -2.17. The van der Waals surface area contributed by atoms with Crippen LogP contribution in [0, 0.1) is 18.3 Å². The van der Waals surface area contributed by atoms with Crippen LogP contribution in [0.1, 0.15) is 16.7 Å². The second-order valence-electron chi connectivity index (χ2n) is 4.71. The number of hydrogen-bond acceptors (Lipinski definition) is 5. The van der Waals surface area contributed by atoms with Crippen molar-refractivity contribution < 1.29 is 27.6 Å². The van der Waals surface area contributed by atoms with E-state index >= 15 is 0 Å². The highest BCUT2D eigenvalue weighted by Crippen LogP contribution is 2.47. The molecule has 1 aromatic heterocycles. The molecule has 6 nitrogen and oxygen atoms in total. The zero-order chi connectivity index (χ0) is 18.1. The number of hydrogen-bond donors (Lipinski definition) is 2. The van der Waals surface area contributed by atoms with Gasteiger partial charge in [-0.05, 0) is 19.1 Å². The summed E-state index contributed by atoms with van der Waals surface area (Å²) in [7, 11) is 0. The minimum Gasteiger partial charge on any atom is -0.505 e. The van der Waals surface area contributed by atoms with Gasteiger partial charge in [-0.15, -0.1) is 0 Å². The molecule has 0 atom stereocenters. The molecule has 124 valence electrons. The number of aromatic hydroxyl groups is 1. The number of anilines is 1. The fourth-order valence-electron chi connectivity index (χ4n) is 2.09. The van der Waals surface area contributed by atoms with Crippen molar-refractivity contribution in [3.05, 3.63) is 41.6 Å². The molecule has 0 aliphatic carbocycles. The van der Waals surface area contributed by atoms with Gasteiger partial charge in [0.1, 0.15) is 0 Å². The Balaban J connectivity index is 2.89. The number of amides is 1. The highest BCUT2D eigenvalue weighted by Gasteiger charge is 2.40. The molecule has 0 radical (unpaired) electrons. The lowest BCUT2D eigenvalue weighted by atomic mass is 9.95. The number of aromatic nitrogens is 1. The quantitative estimate of drug-likeness (QED) is 0.661. The third kappa shape index (κ3) is 2.94. The Bertz CT molecular complexity index is 863. The molecule has 0 bridgehead atoms. The molecule has 2 aromatic rings. The first-order chi connectivity index (χ1) is 11.2. The summed E-state index contributed by atoms with van der Waals surface area (Å²) in [5.74, 6) is -2.02. The first kappa shape index (κ1) is 17.1. The maximum absolute atomic E-state index is 13.4. The van der Waals surface area contributed by atoms with E-state index in [1.54, 1.807) is 0 Å². The topological polar surface area (TPSA) is 99.2 Å². The van der Waals surface area contributed by atoms with Gasteiger partial charge in [-0.25, -0.2) is 0 Å². The number of carbonyl (C=O) groups excluding carboxylic acids is 1. The summed E-state index contributed by atoms with van der Waals surface area (Å²) in [6.45, 7) is 4.63. The number of phenols is 1. The molecule has 1 aromatic carbocycles. The lowest BCUT2D eigenvalue weighted by Crippen LogP contribution is -2.13. The number of aryl methyl sites for hydroxylation is 1. The van der Waals surface area contributed by atoms with Crippen molar-refractivity contribution in [3.63, 3.8) is 0 Å². The summed E-state index contributed by atoms with van der Waals surface area (Å²) in [5.41, 5.74) is -3.09. The molecular weight excluding hydrogens is 327 g/mol. The van der Waals surface area contributed by atoms with Crippen LogP contribution in [-0.2, 0) is 11.0 Å². The van der Waals surface area contributed by atoms with Gasteiger partial charge in [0.15, 0.2) is 11.5 Å². The Labute approximate surface area is 133 Å². The van der Waals surface area contributed by atoms with Gasteiger partial charge in [0.25, 0.3) is 0 Å². The summed E-state index contributed by atoms with van der Waals surface area (Å²) in [6.07, 6.45) is -2.92. The summed E-state index contributed by atoms with van der Waals surface area (Å²) in [4.78, 5) is 11.4. The van der Waals surface area contributed by atoms with Crippen LogP contribution in [0.2, 0.25) is 0 Å². The maximum atomic E-state index is 13.4. The van der Waals surface area contributed by atoms with E-state index in [4.69, 9.17) is 9.78 Å². The average molecular weight is 337 g/mol. The van der Waals surface area contributed by atoms with Gasteiger partial charge in [0.2, 0.25) is 5.91 Å². The van der Waals surface area contributed by atoms with E-state index < -0.39 is 34.5 Å². The van der Waals surface area contributed by atoms with Crippen LogP contribution in [0.4, 0.5) is 18.9 Å². The highest BCUT2D eigenvalue weighted by atomic mass is 19.4. The molecule has 1 heterocycles. The molecule has 0 saturated carbocycles. The van der Waals surface area contributed by atoms with E-state index in [1.807, 2.05) is 0 Å². The highest BCUT2D eigenvalue weighted by molar-refractivity contribution is 6.01. The van der Waals surface area contributed by atoms with Crippen molar-refractivity contribution in [1.29, 1.82) is 5.26 Å². The van der Waals surface area contributed by atoms with Gasteiger partial charge in [0, 0.05) is 5.56 Å². The summed E-state index contributed by atoms with van der Waals surface area (Å²) >= 11 is 0. The molecule has 1 amide bonds. The minimum absolute atomic E-state index is 0.215. The van der Waals surface area contributed by atoms with Crippen molar-refractivity contribution in [2.45, 2.75) is 13.1 Å². The SMILES string of the molecule is C=CC(=O)Nc1cc(C#N)c(C(F)(F)F)c(-c2oncc2C)c1O. The number of benzene rings is 1. The summed E-state index contributed by atoms with van der Waals surface area (Å²) in [6, 6.07) is 2.14. The van der Waals surface area contributed by atoms with Crippen molar-refractivity contribution >= 4 is 11.6 Å². The van der Waals surface area contributed by atoms with E-state index in [2.05, 4.69) is 17.1 Å². The third-order valence-electron chi connectivity index (χ3n) is 3.12. The minimum atomic E-state index is -4.95. The first-order valence-corrected chi connectivity index (χ1v) is 6.43. The number of nitriles is 1. The maximum Gasteiger partial charge on any atom is 0.418 e. The number of phenolic OH excluding ortho intramolecular Hbond substituents is 1. The number of halogens is 3.